The van der Waals surface area contributed by atoms with Crippen molar-refractivity contribution in [2.75, 3.05) is 19.6 Å². The number of amides is 1. The molecule has 122 valence electrons. The van der Waals surface area contributed by atoms with Crippen molar-refractivity contribution in [1.82, 2.24) is 10.2 Å². The summed E-state index contributed by atoms with van der Waals surface area (Å²) in [4.78, 5) is 25.4. The van der Waals surface area contributed by atoms with Crippen molar-refractivity contribution in [2.45, 2.75) is 25.8 Å². The molecule has 3 aliphatic rings. The second-order valence-electron chi connectivity index (χ2n) is 6.25. The van der Waals surface area contributed by atoms with Gasteiger partial charge in [-0.3, -0.25) is 9.59 Å². The van der Waals surface area contributed by atoms with Crippen LogP contribution in [-0.2, 0) is 9.59 Å². The van der Waals surface area contributed by atoms with Gasteiger partial charge in [0, 0.05) is 25.6 Å². The van der Waals surface area contributed by atoms with Gasteiger partial charge in [0.05, 0.1) is 0 Å². The molecule has 0 spiro atoms. The number of ether oxygens (including phenoxy) is 1. The molecule has 1 atom stereocenters. The molecule has 0 radical (unpaired) electrons. The fourth-order valence-electron chi connectivity index (χ4n) is 3.34. The summed E-state index contributed by atoms with van der Waals surface area (Å²) in [6.45, 7) is 4.68. The lowest BCUT2D eigenvalue weighted by atomic mass is 9.84. The van der Waals surface area contributed by atoms with Crippen LogP contribution in [0.25, 0.3) is 6.08 Å². The Kier molecular flexibility index (Phi) is 4.76. The zero-order chi connectivity index (χ0) is 16.2. The van der Waals surface area contributed by atoms with E-state index in [0.29, 0.717) is 11.7 Å². The molecule has 4 rings (SSSR count). The first kappa shape index (κ1) is 15.7. The van der Waals surface area contributed by atoms with Gasteiger partial charge in [-0.15, -0.1) is 0 Å². The molecule has 2 bridgehead atoms. The molecule has 3 aliphatic heterocycles. The van der Waals surface area contributed by atoms with Crippen LogP contribution in [0.3, 0.4) is 0 Å². The molecule has 1 aromatic rings. The van der Waals surface area contributed by atoms with E-state index in [1.165, 1.54) is 32.9 Å². The van der Waals surface area contributed by atoms with Crippen molar-refractivity contribution in [3.63, 3.8) is 0 Å². The molecule has 3 heterocycles. The first-order chi connectivity index (χ1) is 11.1. The first-order valence-electron chi connectivity index (χ1n) is 8.09. The van der Waals surface area contributed by atoms with Crippen LogP contribution in [0.1, 0.15) is 25.3 Å². The molecule has 3 saturated heterocycles. The molecular weight excluding hydrogens is 292 g/mol. The van der Waals surface area contributed by atoms with Crippen LogP contribution < -0.4 is 10.1 Å². The van der Waals surface area contributed by atoms with Gasteiger partial charge in [-0.25, -0.2) is 0 Å². The SMILES string of the molecule is CC(=O)Oc1ccc(C=CC(=O)NC2CN3CCC2CC3)cc1. The van der Waals surface area contributed by atoms with E-state index >= 15 is 0 Å². The summed E-state index contributed by atoms with van der Waals surface area (Å²) in [7, 11) is 0. The van der Waals surface area contributed by atoms with E-state index in [0.717, 1.165) is 12.1 Å². The number of rotatable bonds is 4. The quantitative estimate of drug-likeness (QED) is 0.523. The summed E-state index contributed by atoms with van der Waals surface area (Å²) < 4.78 is 4.98. The van der Waals surface area contributed by atoms with Crippen molar-refractivity contribution >= 4 is 18.0 Å². The van der Waals surface area contributed by atoms with Gasteiger partial charge >= 0.3 is 5.97 Å². The highest BCUT2D eigenvalue weighted by Gasteiger charge is 2.34. The Morgan fingerprint density at radius 2 is 1.91 bits per heavy atom. The van der Waals surface area contributed by atoms with Crippen LogP contribution in [0, 0.1) is 5.92 Å². The minimum absolute atomic E-state index is 0.0483. The van der Waals surface area contributed by atoms with Gasteiger partial charge in [-0.05, 0) is 55.6 Å². The molecule has 23 heavy (non-hydrogen) atoms. The molecule has 3 fully saturated rings. The van der Waals surface area contributed by atoms with Crippen molar-refractivity contribution in [1.29, 1.82) is 0 Å². The van der Waals surface area contributed by atoms with Crippen LogP contribution in [-0.4, -0.2) is 42.5 Å². The highest BCUT2D eigenvalue weighted by Crippen LogP contribution is 2.27. The first-order valence-corrected chi connectivity index (χ1v) is 8.09. The number of nitrogens with one attached hydrogen (secondary N) is 1. The summed E-state index contributed by atoms with van der Waals surface area (Å²) in [5.74, 6) is 0.741. The molecule has 1 amide bonds. The Hall–Kier alpha value is -2.14. The molecule has 1 aromatic carbocycles. The molecule has 1 unspecified atom stereocenters. The lowest BCUT2D eigenvalue weighted by Crippen LogP contribution is -2.57. The normalized spacial score (nSPS) is 26.2. The van der Waals surface area contributed by atoms with Crippen LogP contribution in [0.4, 0.5) is 0 Å². The number of piperidine rings is 3. The van der Waals surface area contributed by atoms with Gasteiger partial charge < -0.3 is 15.0 Å². The Morgan fingerprint density at radius 1 is 1.22 bits per heavy atom. The topological polar surface area (TPSA) is 58.6 Å². The standard InChI is InChI=1S/C18H22N2O3/c1-13(21)23-16-5-2-14(3-6-16)4-7-18(22)19-17-12-20-10-8-15(17)9-11-20/h2-7,15,17H,8-12H2,1H3,(H,19,22). The lowest BCUT2D eigenvalue weighted by Gasteiger charge is -2.44. The van der Waals surface area contributed by atoms with Gasteiger partial charge in [-0.2, -0.15) is 0 Å². The molecule has 5 nitrogen and oxygen atoms in total. The summed E-state index contributed by atoms with van der Waals surface area (Å²) in [6, 6.07) is 7.34. The smallest absolute Gasteiger partial charge is 0.308 e. The molecule has 1 N–H and O–H groups in total. The van der Waals surface area contributed by atoms with Gasteiger partial charge in [0.25, 0.3) is 0 Å². The zero-order valence-electron chi connectivity index (χ0n) is 13.3. The molecular formula is C18H22N2O3. The Bertz CT molecular complexity index is 601. The van der Waals surface area contributed by atoms with Gasteiger partial charge in [0.1, 0.15) is 5.75 Å². The predicted molar refractivity (Wildman–Crippen MR) is 87.9 cm³/mol. The second-order valence-corrected chi connectivity index (χ2v) is 6.25. The fourth-order valence-corrected chi connectivity index (χ4v) is 3.34. The summed E-state index contributed by atoms with van der Waals surface area (Å²) in [5.41, 5.74) is 0.893. The van der Waals surface area contributed by atoms with Gasteiger partial charge in [-0.1, -0.05) is 12.1 Å². The second kappa shape index (κ2) is 6.96. The maximum absolute atomic E-state index is 12.1. The van der Waals surface area contributed by atoms with E-state index in [-0.39, 0.29) is 17.9 Å². The van der Waals surface area contributed by atoms with Crippen LogP contribution in [0.15, 0.2) is 30.3 Å². The number of benzene rings is 1. The van der Waals surface area contributed by atoms with Gasteiger partial charge in [0.15, 0.2) is 0 Å². The van der Waals surface area contributed by atoms with Crippen LogP contribution in [0.5, 0.6) is 5.75 Å². The van der Waals surface area contributed by atoms with E-state index in [9.17, 15) is 9.59 Å². The van der Waals surface area contributed by atoms with E-state index in [1.54, 1.807) is 24.3 Å². The third kappa shape index (κ3) is 4.20. The highest BCUT2D eigenvalue weighted by molar-refractivity contribution is 5.92. The van der Waals surface area contributed by atoms with E-state index < -0.39 is 0 Å². The van der Waals surface area contributed by atoms with E-state index in [4.69, 9.17) is 4.74 Å². The Morgan fingerprint density at radius 3 is 2.48 bits per heavy atom. The van der Waals surface area contributed by atoms with E-state index in [1.807, 2.05) is 12.1 Å². The minimum atomic E-state index is -0.342. The maximum atomic E-state index is 12.1. The van der Waals surface area contributed by atoms with Crippen molar-refractivity contribution in [3.8, 4) is 5.75 Å². The monoisotopic (exact) mass is 314 g/mol. The van der Waals surface area contributed by atoms with Crippen LogP contribution >= 0.6 is 0 Å². The average molecular weight is 314 g/mol. The number of carbonyl (C=O) groups is 2. The number of hydrogen-bond acceptors (Lipinski definition) is 4. The minimum Gasteiger partial charge on any atom is -0.427 e. The maximum Gasteiger partial charge on any atom is 0.308 e. The summed E-state index contributed by atoms with van der Waals surface area (Å²) >= 11 is 0. The fraction of sp³-hybridized carbons (Fsp3) is 0.444. The largest absolute Gasteiger partial charge is 0.427 e. The van der Waals surface area contributed by atoms with Crippen molar-refractivity contribution < 1.29 is 14.3 Å². The third-order valence-corrected chi connectivity index (χ3v) is 4.55. The zero-order valence-corrected chi connectivity index (χ0v) is 13.3. The third-order valence-electron chi connectivity index (χ3n) is 4.55. The number of fused-ring (bicyclic) bond motifs is 3. The summed E-state index contributed by atoms with van der Waals surface area (Å²) in [6.07, 6.45) is 5.71. The van der Waals surface area contributed by atoms with Crippen molar-refractivity contribution in [3.05, 3.63) is 35.9 Å². The number of esters is 1. The van der Waals surface area contributed by atoms with Crippen LogP contribution in [0.2, 0.25) is 0 Å². The number of nitrogens with zero attached hydrogens (tertiary/aromatic N) is 1. The summed E-state index contributed by atoms with van der Waals surface area (Å²) in [5, 5.41) is 3.12. The Labute approximate surface area is 136 Å². The molecule has 0 aromatic heterocycles. The number of hydrogen-bond donors (Lipinski definition) is 1. The van der Waals surface area contributed by atoms with Gasteiger partial charge in [0.2, 0.25) is 5.91 Å². The van der Waals surface area contributed by atoms with E-state index in [2.05, 4.69) is 10.2 Å². The molecule has 5 heteroatoms. The molecule has 0 aliphatic carbocycles. The average Bonchev–Trinajstić information content (AvgIpc) is 2.55. The van der Waals surface area contributed by atoms with Crippen molar-refractivity contribution in [2.24, 2.45) is 5.92 Å². The Balaban J connectivity index is 1.53. The molecule has 0 saturated carbocycles. The number of carbonyl (C=O) groups excluding carboxylic acids is 2. The predicted octanol–water partition coefficient (Wildman–Crippen LogP) is 1.84. The highest BCUT2D eigenvalue weighted by atomic mass is 16.5. The lowest BCUT2D eigenvalue weighted by molar-refractivity contribution is -0.131.